The molecule has 7 saturated carbocycles. The molecule has 7 atom stereocenters. The average molecular weight is 1890 g/mol. The van der Waals surface area contributed by atoms with Gasteiger partial charge in [-0.05, 0) is 156 Å². The molecule has 732 valence electrons. The molecule has 7 unspecified atom stereocenters. The molecule has 3 aromatic rings. The summed E-state index contributed by atoms with van der Waals surface area (Å²) >= 11 is 0. The number of carboxylic acid groups (broad SMARTS) is 1. The van der Waals surface area contributed by atoms with Crippen molar-refractivity contribution < 1.29 is 176 Å². The highest BCUT2D eigenvalue weighted by Crippen LogP contribution is 2.27. The Morgan fingerprint density at radius 3 is 0.859 bits per heavy atom. The molecule has 0 bridgehead atoms. The van der Waals surface area contributed by atoms with Crippen molar-refractivity contribution in [3.05, 3.63) is 173 Å². The summed E-state index contributed by atoms with van der Waals surface area (Å²) in [5.41, 5.74) is 0.272. The number of aliphatic carboxylic acids is 1. The predicted molar refractivity (Wildman–Crippen MR) is 469 cm³/mol. The van der Waals surface area contributed by atoms with E-state index in [1.807, 2.05) is 30.3 Å². The third kappa shape index (κ3) is 51.5. The van der Waals surface area contributed by atoms with Crippen molar-refractivity contribution in [2.24, 2.45) is 41.4 Å². The number of hydrogen-bond acceptors (Lipinski definition) is 37. The number of carbonyl (C=O) groups excluding carboxylic acids is 20. The fraction of sp³-hybridized carbons (Fsp3) is 0.485. The summed E-state index contributed by atoms with van der Waals surface area (Å²) in [5, 5.41) is 8.24. The van der Waals surface area contributed by atoms with E-state index in [9.17, 15) is 105 Å². The minimum atomic E-state index is -1.20. The Morgan fingerprint density at radius 1 is 0.341 bits per heavy atom. The van der Waals surface area contributed by atoms with Gasteiger partial charge in [-0.2, -0.15) is 0 Å². The highest BCUT2D eigenvalue weighted by molar-refractivity contribution is 5.97. The first kappa shape index (κ1) is 113. The maximum atomic E-state index is 11.5. The third-order valence-corrected chi connectivity index (χ3v) is 19.9. The van der Waals surface area contributed by atoms with Crippen LogP contribution in [0.4, 0.5) is 0 Å². The number of esters is 13. The lowest BCUT2D eigenvalue weighted by molar-refractivity contribution is -0.149. The van der Waals surface area contributed by atoms with Gasteiger partial charge in [-0.15, -0.1) is 0 Å². The smallest absolute Gasteiger partial charge is 0.478 e. The van der Waals surface area contributed by atoms with Crippen molar-refractivity contribution in [1.29, 1.82) is 0 Å². The van der Waals surface area contributed by atoms with E-state index in [1.54, 1.807) is 71.9 Å². The van der Waals surface area contributed by atoms with Gasteiger partial charge in [0.25, 0.3) is 0 Å². The van der Waals surface area contributed by atoms with Gasteiger partial charge in [0.1, 0.15) is 105 Å². The van der Waals surface area contributed by atoms with Gasteiger partial charge in [-0.3, -0.25) is 33.6 Å². The molecule has 7 fully saturated rings. The minimum Gasteiger partial charge on any atom is -0.478 e. The summed E-state index contributed by atoms with van der Waals surface area (Å²) in [6.07, 6.45) is 28.4. The Balaban J connectivity index is 0.000000331. The number of rotatable bonds is 35. The number of Topliss-reactive ketones (excluding diaryl/α,β-unsaturated/α-hetero) is 7. The second-order valence-corrected chi connectivity index (χ2v) is 32.1. The maximum Gasteiger partial charge on any atom is 0.519 e. The highest BCUT2D eigenvalue weighted by Gasteiger charge is 2.32. The summed E-state index contributed by atoms with van der Waals surface area (Å²) in [4.78, 5) is 247. The molecule has 135 heavy (non-hydrogen) atoms. The molecule has 7 aliphatic carbocycles. The normalized spacial score (nSPS) is 18.8. The SMILES string of the molecule is CC(C)(C)OC(=O)/C=C/C(=O)OCC1CCCC1=O.CC(C)OC(=O)/C=C/C(=O)OCC1CCCC1=O.CCOC(=O)/C=C/C(=O)OCC1CCCC1=O.Cc1oc(=O)oc1COC(=O)/C=C/C(=O)OCC1CCCC1=O.O=C(/C=C/C(=O)OCC1CCCC1=O)OCc1ccccc1.O=C(/C=C/C(=O)Oc1ccccc1)OCC1CCCC1=O.O=C(O)/C=C/C(=O)OCC1CCCC1=O. The van der Waals surface area contributed by atoms with Crippen LogP contribution in [0.25, 0.3) is 0 Å². The Hall–Kier alpha value is -14.1. The van der Waals surface area contributed by atoms with Crippen LogP contribution >= 0.6 is 0 Å². The third-order valence-electron chi connectivity index (χ3n) is 19.9. The second kappa shape index (κ2) is 63.1. The lowest BCUT2D eigenvalue weighted by Gasteiger charge is -2.17. The number of para-hydroxylation sites is 1. The summed E-state index contributed by atoms with van der Waals surface area (Å²) < 4.78 is 72.6. The largest absolute Gasteiger partial charge is 0.519 e. The number of ketones is 7. The molecular weight excluding hydrogens is 1770 g/mol. The van der Waals surface area contributed by atoms with Crippen LogP contribution in [-0.4, -0.2) is 194 Å². The molecule has 0 radical (unpaired) electrons. The monoisotopic (exact) mass is 1890 g/mol. The van der Waals surface area contributed by atoms with Crippen molar-refractivity contribution in [1.82, 2.24) is 0 Å². The van der Waals surface area contributed by atoms with E-state index < -0.39 is 95.0 Å². The standard InChI is InChI=1S/C17H18O5.C16H16O5.C15H16O8.C14H20O5.C13H18O5.C12H16O5.C10H12O5/c18-15-8-4-7-14(15)12-22-17(20)10-9-16(19)21-11-13-5-2-1-3-6-13;17-14-8-4-5-12(14)11-20-15(18)9-10-16(19)21-13-6-2-1-3-7-13;1-9-12(23-15(19)22-9)8-21-14(18)6-5-13(17)20-7-10-3-2-4-11(10)16;1-14(2,3)19-13(17)8-7-12(16)18-9-10-5-4-6-11(10)15;1-9(2)18-13(16)7-6-12(15)17-8-10-4-3-5-11(10)14;1-2-16-11(14)6-7-12(15)17-8-9-4-3-5-10(9)13;11-8-3-1-2-7(8)6-15-10(14)5-4-9(12)13/h1-3,5-6,9-10,14H,4,7-8,11-12H2;1-3,6-7,9-10,12H,4-5,8,11H2;5-6,10H,2-4,7-8H2,1H3;7-8,10H,4-6,9H2,1-3H3;6-7,9-10H,3-5,8H2,1-2H3;6-7,9H,2-5,8H2,1H3;4-5,7H,1-3,6H2,(H,12,13)/b2*10-9+;6-5+;8-7+;2*7-6+;5-4+. The quantitative estimate of drug-likeness (QED) is 0.0247. The van der Waals surface area contributed by atoms with Crippen molar-refractivity contribution in [2.45, 2.75) is 208 Å². The minimum absolute atomic E-state index is 0.0242. The summed E-state index contributed by atoms with van der Waals surface area (Å²) in [5.74, 6) is -10.3. The van der Waals surface area contributed by atoms with E-state index in [0.29, 0.717) is 63.2 Å². The fourth-order valence-corrected chi connectivity index (χ4v) is 12.9. The van der Waals surface area contributed by atoms with Crippen LogP contribution in [0.1, 0.15) is 193 Å². The van der Waals surface area contributed by atoms with Gasteiger partial charge in [0, 0.05) is 130 Å². The van der Waals surface area contributed by atoms with E-state index in [-0.39, 0.29) is 166 Å². The number of carboxylic acids is 1. The van der Waals surface area contributed by atoms with Crippen LogP contribution in [0.15, 0.2) is 159 Å². The van der Waals surface area contributed by atoms with E-state index in [1.165, 1.54) is 6.92 Å². The van der Waals surface area contributed by atoms with Gasteiger partial charge in [0.2, 0.25) is 0 Å². The zero-order valence-corrected chi connectivity index (χ0v) is 76.4. The van der Waals surface area contributed by atoms with Crippen molar-refractivity contribution in [2.75, 3.05) is 52.9 Å². The van der Waals surface area contributed by atoms with Crippen LogP contribution in [0.2, 0.25) is 0 Å². The lowest BCUT2D eigenvalue weighted by Crippen LogP contribution is -2.22. The second-order valence-electron chi connectivity index (χ2n) is 32.1. The summed E-state index contributed by atoms with van der Waals surface area (Å²) in [6.45, 7) is 12.5. The molecule has 0 aliphatic heterocycles. The average Bonchev–Trinajstić information content (AvgIpc) is 1.74. The van der Waals surface area contributed by atoms with Crippen molar-refractivity contribution in [3.8, 4) is 5.75 Å². The first-order valence-corrected chi connectivity index (χ1v) is 43.9. The van der Waals surface area contributed by atoms with Crippen LogP contribution in [0.3, 0.4) is 0 Å². The van der Waals surface area contributed by atoms with Crippen LogP contribution < -0.4 is 10.6 Å². The first-order valence-electron chi connectivity index (χ1n) is 43.9. The number of hydrogen-bond donors (Lipinski definition) is 1. The molecule has 0 spiro atoms. The topological polar surface area (TPSA) is 542 Å². The zero-order chi connectivity index (χ0) is 99.6. The molecule has 0 saturated heterocycles. The molecule has 1 heterocycles. The molecule has 7 aliphatic rings. The molecule has 1 aromatic heterocycles. The molecule has 1 N–H and O–H groups in total. The number of carbonyl (C=O) groups is 21. The predicted octanol–water partition coefficient (Wildman–Crippen LogP) is 10.1. The van der Waals surface area contributed by atoms with Crippen LogP contribution in [0.5, 0.6) is 5.75 Å². The van der Waals surface area contributed by atoms with Gasteiger partial charge in [0.15, 0.2) is 18.1 Å². The Bertz CT molecular complexity index is 4820. The van der Waals surface area contributed by atoms with Crippen LogP contribution in [0, 0.1) is 48.3 Å². The van der Waals surface area contributed by atoms with Gasteiger partial charge in [0.05, 0.1) is 54.1 Å². The molecule has 38 heteroatoms. The number of ether oxygens (including phenoxy) is 13. The molecule has 2 aromatic carbocycles. The van der Waals surface area contributed by atoms with E-state index in [4.69, 9.17) is 61.9 Å². The van der Waals surface area contributed by atoms with Gasteiger partial charge >= 0.3 is 89.4 Å². The number of aryl methyl sites for hydroxylation is 1. The first-order chi connectivity index (χ1) is 64.2. The molecular formula is C97H116O38. The maximum absolute atomic E-state index is 11.5. The van der Waals surface area contributed by atoms with E-state index in [2.05, 4.69) is 13.6 Å². The Labute approximate surface area is 778 Å². The van der Waals surface area contributed by atoms with Crippen molar-refractivity contribution in [3.63, 3.8) is 0 Å². The number of benzene rings is 2. The highest BCUT2D eigenvalue weighted by atomic mass is 16.6. The summed E-state index contributed by atoms with van der Waals surface area (Å²) in [6, 6.07) is 17.8. The molecule has 10 rings (SSSR count). The van der Waals surface area contributed by atoms with Gasteiger partial charge < -0.3 is 75.5 Å². The lowest BCUT2D eigenvalue weighted by atomic mass is 10.1. The van der Waals surface area contributed by atoms with Gasteiger partial charge in [-0.1, -0.05) is 48.5 Å². The van der Waals surface area contributed by atoms with E-state index in [0.717, 1.165) is 168 Å². The zero-order valence-electron chi connectivity index (χ0n) is 76.4. The molecule has 0 amide bonds. The van der Waals surface area contributed by atoms with Crippen molar-refractivity contribution >= 4 is 124 Å². The Morgan fingerprint density at radius 2 is 0.600 bits per heavy atom. The van der Waals surface area contributed by atoms with E-state index >= 15 is 0 Å². The Kier molecular flexibility index (Phi) is 52.9. The van der Waals surface area contributed by atoms with Gasteiger partial charge in [-0.25, -0.2) is 71.9 Å². The fourth-order valence-electron chi connectivity index (χ4n) is 12.9. The molecule has 38 nitrogen and oxygen atoms in total. The summed E-state index contributed by atoms with van der Waals surface area (Å²) in [7, 11) is 0. The van der Waals surface area contributed by atoms with Crippen LogP contribution in [-0.2, 0) is 171 Å².